The van der Waals surface area contributed by atoms with Crippen molar-refractivity contribution in [1.29, 1.82) is 0 Å². The van der Waals surface area contributed by atoms with Gasteiger partial charge < -0.3 is 9.47 Å². The molecule has 1 fully saturated rings. The molecule has 0 atom stereocenters. The van der Waals surface area contributed by atoms with Gasteiger partial charge in [-0.05, 0) is 68.2 Å². The van der Waals surface area contributed by atoms with Crippen LogP contribution in [0.2, 0.25) is 0 Å². The lowest BCUT2D eigenvalue weighted by atomic mass is 9.95. The second-order valence-electron chi connectivity index (χ2n) is 8.34. The molecule has 2 aliphatic heterocycles. The number of nitrogens with zero attached hydrogens (tertiary/aromatic N) is 4. The molecule has 1 aliphatic carbocycles. The van der Waals surface area contributed by atoms with Crippen molar-refractivity contribution in [2.75, 3.05) is 13.1 Å². The molecule has 3 aliphatic rings. The van der Waals surface area contributed by atoms with Gasteiger partial charge >= 0.3 is 0 Å². The molecular formula is C22H28N4O. The van der Waals surface area contributed by atoms with E-state index < -0.39 is 0 Å². The van der Waals surface area contributed by atoms with Crippen molar-refractivity contribution in [3.05, 3.63) is 46.5 Å². The molecule has 142 valence electrons. The predicted octanol–water partition coefficient (Wildman–Crippen LogP) is 3.51. The van der Waals surface area contributed by atoms with Crippen LogP contribution in [0.15, 0.2) is 18.2 Å². The van der Waals surface area contributed by atoms with Gasteiger partial charge in [0, 0.05) is 37.5 Å². The molecule has 1 aromatic heterocycles. The molecule has 1 amide bonds. The van der Waals surface area contributed by atoms with Crippen LogP contribution < -0.4 is 0 Å². The number of hydrogen-bond donors (Lipinski definition) is 0. The summed E-state index contributed by atoms with van der Waals surface area (Å²) in [5, 5.41) is 9.00. The van der Waals surface area contributed by atoms with Gasteiger partial charge in [0.05, 0.1) is 0 Å². The van der Waals surface area contributed by atoms with E-state index in [4.69, 9.17) is 0 Å². The van der Waals surface area contributed by atoms with Crippen LogP contribution in [0.3, 0.4) is 0 Å². The van der Waals surface area contributed by atoms with Gasteiger partial charge in [0.25, 0.3) is 5.91 Å². The maximum Gasteiger partial charge on any atom is 0.253 e. The van der Waals surface area contributed by atoms with E-state index in [-0.39, 0.29) is 5.91 Å². The van der Waals surface area contributed by atoms with Crippen LogP contribution >= 0.6 is 0 Å². The smallest absolute Gasteiger partial charge is 0.253 e. The zero-order valence-corrected chi connectivity index (χ0v) is 16.0. The molecule has 0 radical (unpaired) electrons. The Kier molecular flexibility index (Phi) is 4.46. The molecule has 5 nitrogen and oxygen atoms in total. The number of aryl methyl sites for hydroxylation is 3. The van der Waals surface area contributed by atoms with Gasteiger partial charge in [0.15, 0.2) is 0 Å². The summed E-state index contributed by atoms with van der Waals surface area (Å²) in [5.41, 5.74) is 3.67. The fourth-order valence-electron chi connectivity index (χ4n) is 5.04. The van der Waals surface area contributed by atoms with Gasteiger partial charge in [-0.3, -0.25) is 4.79 Å². The summed E-state index contributed by atoms with van der Waals surface area (Å²) in [4.78, 5) is 15.0. The van der Waals surface area contributed by atoms with E-state index in [0.717, 1.165) is 63.1 Å². The Hall–Kier alpha value is -2.17. The average molecular weight is 364 g/mol. The van der Waals surface area contributed by atoms with Crippen molar-refractivity contribution >= 4 is 5.91 Å². The third-order valence-electron chi connectivity index (χ3n) is 6.63. The third-order valence-corrected chi connectivity index (χ3v) is 6.63. The number of likely N-dealkylation sites (tertiary alicyclic amines) is 1. The monoisotopic (exact) mass is 364 g/mol. The lowest BCUT2D eigenvalue weighted by Gasteiger charge is -2.32. The predicted molar refractivity (Wildman–Crippen MR) is 104 cm³/mol. The number of piperidine rings is 1. The first-order valence-electron chi connectivity index (χ1n) is 10.6. The zero-order chi connectivity index (χ0) is 18.2. The van der Waals surface area contributed by atoms with E-state index in [1.54, 1.807) is 0 Å². The van der Waals surface area contributed by atoms with Crippen LogP contribution in [0, 0.1) is 0 Å². The molecule has 0 spiro atoms. The molecule has 2 aromatic rings. The fraction of sp³-hybridized carbons (Fsp3) is 0.591. The molecule has 5 rings (SSSR count). The number of carbonyl (C=O) groups is 1. The topological polar surface area (TPSA) is 51.0 Å². The van der Waals surface area contributed by atoms with Crippen molar-refractivity contribution in [1.82, 2.24) is 19.7 Å². The van der Waals surface area contributed by atoms with Gasteiger partial charge in [-0.2, -0.15) is 0 Å². The van der Waals surface area contributed by atoms with E-state index in [2.05, 4.69) is 26.9 Å². The van der Waals surface area contributed by atoms with Gasteiger partial charge in [-0.15, -0.1) is 10.2 Å². The van der Waals surface area contributed by atoms with Crippen LogP contribution in [0.25, 0.3) is 0 Å². The summed E-state index contributed by atoms with van der Waals surface area (Å²) in [7, 11) is 0. The maximum atomic E-state index is 13.0. The normalized spacial score (nSPS) is 20.2. The number of rotatable bonds is 2. The molecule has 0 N–H and O–H groups in total. The first kappa shape index (κ1) is 17.0. The van der Waals surface area contributed by atoms with Crippen molar-refractivity contribution in [3.8, 4) is 0 Å². The summed E-state index contributed by atoms with van der Waals surface area (Å²) in [6.07, 6.45) is 10.3. The van der Waals surface area contributed by atoms with Crippen LogP contribution in [-0.4, -0.2) is 38.7 Å². The number of benzene rings is 1. The number of hydrogen-bond acceptors (Lipinski definition) is 3. The highest BCUT2D eigenvalue weighted by Gasteiger charge is 2.29. The average Bonchev–Trinajstić information content (AvgIpc) is 3.28. The molecular weight excluding hydrogens is 336 g/mol. The Morgan fingerprint density at radius 1 is 0.889 bits per heavy atom. The lowest BCUT2D eigenvalue weighted by Crippen LogP contribution is -2.38. The highest BCUT2D eigenvalue weighted by molar-refractivity contribution is 5.94. The Bertz CT molecular complexity index is 848. The summed E-state index contributed by atoms with van der Waals surface area (Å²) >= 11 is 0. The van der Waals surface area contributed by atoms with E-state index >= 15 is 0 Å². The van der Waals surface area contributed by atoms with E-state index in [9.17, 15) is 4.79 Å². The molecule has 0 bridgehead atoms. The van der Waals surface area contributed by atoms with Crippen LogP contribution in [0.1, 0.15) is 77.6 Å². The maximum absolute atomic E-state index is 13.0. The van der Waals surface area contributed by atoms with Gasteiger partial charge in [-0.25, -0.2) is 0 Å². The number of fused-ring (bicyclic) bond motifs is 2. The van der Waals surface area contributed by atoms with Crippen molar-refractivity contribution < 1.29 is 4.79 Å². The van der Waals surface area contributed by atoms with Crippen molar-refractivity contribution in [3.63, 3.8) is 0 Å². The van der Waals surface area contributed by atoms with Crippen molar-refractivity contribution in [2.24, 2.45) is 0 Å². The fourth-order valence-corrected chi connectivity index (χ4v) is 5.04. The summed E-state index contributed by atoms with van der Waals surface area (Å²) in [6, 6.07) is 6.32. The van der Waals surface area contributed by atoms with E-state index in [0.29, 0.717) is 5.92 Å². The van der Waals surface area contributed by atoms with E-state index in [1.165, 1.54) is 42.6 Å². The highest BCUT2D eigenvalue weighted by atomic mass is 16.2. The molecule has 27 heavy (non-hydrogen) atoms. The molecule has 3 heterocycles. The van der Waals surface area contributed by atoms with Crippen LogP contribution in [0.4, 0.5) is 0 Å². The number of carbonyl (C=O) groups excluding carboxylic acids is 1. The Morgan fingerprint density at radius 2 is 1.74 bits per heavy atom. The Balaban J connectivity index is 1.26. The van der Waals surface area contributed by atoms with Crippen LogP contribution in [-0.2, 0) is 25.8 Å². The first-order valence-corrected chi connectivity index (χ1v) is 10.6. The number of amides is 1. The molecule has 1 saturated heterocycles. The molecule has 0 unspecified atom stereocenters. The van der Waals surface area contributed by atoms with Crippen LogP contribution in [0.5, 0.6) is 0 Å². The molecule has 0 saturated carbocycles. The minimum Gasteiger partial charge on any atom is -0.339 e. The second kappa shape index (κ2) is 7.10. The Labute approximate surface area is 160 Å². The van der Waals surface area contributed by atoms with Gasteiger partial charge in [0.2, 0.25) is 0 Å². The second-order valence-corrected chi connectivity index (χ2v) is 8.34. The summed E-state index contributed by atoms with van der Waals surface area (Å²) in [5.74, 6) is 2.97. The highest BCUT2D eigenvalue weighted by Crippen LogP contribution is 2.30. The number of aromatic nitrogens is 3. The van der Waals surface area contributed by atoms with Crippen molar-refractivity contribution in [2.45, 2.75) is 70.3 Å². The first-order chi connectivity index (χ1) is 13.3. The summed E-state index contributed by atoms with van der Waals surface area (Å²) < 4.78 is 2.37. The zero-order valence-electron chi connectivity index (χ0n) is 16.0. The summed E-state index contributed by atoms with van der Waals surface area (Å²) in [6.45, 7) is 2.71. The molecule has 5 heteroatoms. The Morgan fingerprint density at radius 3 is 2.63 bits per heavy atom. The van der Waals surface area contributed by atoms with E-state index in [1.807, 2.05) is 11.0 Å². The quantitative estimate of drug-likeness (QED) is 0.819. The third kappa shape index (κ3) is 3.17. The van der Waals surface area contributed by atoms with Gasteiger partial charge in [0.1, 0.15) is 11.6 Å². The SMILES string of the molecule is O=C(c1ccc2c(c1)CCC2)N1CCC(c2nnc3n2CCCCC3)CC1. The molecule has 1 aromatic carbocycles. The standard InChI is InChI=1S/C22H28N4O/c27-22(19-9-8-16-5-4-6-18(16)15-19)25-13-10-17(11-14-25)21-24-23-20-7-2-1-3-12-26(20)21/h8-9,15,17H,1-7,10-14H2. The lowest BCUT2D eigenvalue weighted by molar-refractivity contribution is 0.0710. The minimum absolute atomic E-state index is 0.197. The van der Waals surface area contributed by atoms with Gasteiger partial charge in [-0.1, -0.05) is 12.5 Å². The largest absolute Gasteiger partial charge is 0.339 e. The minimum atomic E-state index is 0.197.